The number of amides is 1. The number of hydrogen-bond acceptors (Lipinski definition) is 6. The third-order valence-electron chi connectivity index (χ3n) is 2.31. The fraction of sp³-hybridized carbons (Fsp3) is 0.400. The van der Waals surface area contributed by atoms with Crippen LogP contribution in [0.3, 0.4) is 0 Å². The molecule has 1 aromatic heterocycles. The van der Waals surface area contributed by atoms with Crippen LogP contribution in [0.2, 0.25) is 0 Å². The Kier molecular flexibility index (Phi) is 4.38. The van der Waals surface area contributed by atoms with E-state index in [2.05, 4.69) is 10.3 Å². The molecule has 0 aliphatic heterocycles. The van der Waals surface area contributed by atoms with Gasteiger partial charge in [-0.25, -0.2) is 4.98 Å². The number of anilines is 1. The van der Waals surface area contributed by atoms with Gasteiger partial charge < -0.3 is 26.4 Å². The maximum absolute atomic E-state index is 11.7. The van der Waals surface area contributed by atoms with Gasteiger partial charge in [0.2, 0.25) is 0 Å². The number of pyridine rings is 1. The van der Waals surface area contributed by atoms with E-state index in [1.165, 1.54) is 18.3 Å². The summed E-state index contributed by atoms with van der Waals surface area (Å²) >= 11 is 0. The van der Waals surface area contributed by atoms with Crippen LogP contribution in [-0.4, -0.2) is 51.6 Å². The van der Waals surface area contributed by atoms with Crippen molar-refractivity contribution in [1.29, 1.82) is 0 Å². The molecule has 1 rings (SSSR count). The van der Waals surface area contributed by atoms with E-state index < -0.39 is 31.3 Å². The van der Waals surface area contributed by atoms with Crippen molar-refractivity contribution < 1.29 is 20.1 Å². The fourth-order valence-corrected chi connectivity index (χ4v) is 1.11. The van der Waals surface area contributed by atoms with Gasteiger partial charge in [0.1, 0.15) is 11.2 Å². The van der Waals surface area contributed by atoms with Crippen LogP contribution >= 0.6 is 0 Å². The first-order chi connectivity index (χ1) is 8.06. The first-order valence-corrected chi connectivity index (χ1v) is 4.93. The van der Waals surface area contributed by atoms with Gasteiger partial charge >= 0.3 is 0 Å². The van der Waals surface area contributed by atoms with Gasteiger partial charge in [0.15, 0.2) is 0 Å². The smallest absolute Gasteiger partial charge is 0.270 e. The molecule has 0 bridgehead atoms. The minimum Gasteiger partial charge on any atom is -0.397 e. The van der Waals surface area contributed by atoms with E-state index in [-0.39, 0.29) is 5.69 Å². The van der Waals surface area contributed by atoms with Gasteiger partial charge in [-0.2, -0.15) is 0 Å². The number of aromatic nitrogens is 1. The van der Waals surface area contributed by atoms with Gasteiger partial charge in [-0.1, -0.05) is 0 Å². The predicted molar refractivity (Wildman–Crippen MR) is 60.1 cm³/mol. The van der Waals surface area contributed by atoms with Gasteiger partial charge in [-0.05, 0) is 12.1 Å². The Morgan fingerprint density at radius 2 is 1.88 bits per heavy atom. The van der Waals surface area contributed by atoms with E-state index in [9.17, 15) is 4.79 Å². The van der Waals surface area contributed by atoms with E-state index in [1.807, 2.05) is 0 Å². The zero-order valence-electron chi connectivity index (χ0n) is 9.13. The van der Waals surface area contributed by atoms with E-state index in [0.717, 1.165) is 0 Å². The number of carbonyl (C=O) groups excluding carboxylic acids is 1. The molecule has 1 aromatic rings. The molecule has 0 aliphatic carbocycles. The summed E-state index contributed by atoms with van der Waals surface area (Å²) in [5.74, 6) is -0.609. The lowest BCUT2D eigenvalue weighted by atomic mass is 10.0. The zero-order valence-corrected chi connectivity index (χ0v) is 9.13. The maximum Gasteiger partial charge on any atom is 0.270 e. The molecule has 7 heteroatoms. The number of nitrogens with zero attached hydrogens (tertiary/aromatic N) is 1. The SMILES string of the molecule is Nc1ccc(C(=O)NC(CO)(CO)CO)nc1. The van der Waals surface area contributed by atoms with Crippen molar-refractivity contribution in [2.75, 3.05) is 25.6 Å². The molecule has 0 spiro atoms. The van der Waals surface area contributed by atoms with Gasteiger partial charge in [-0.15, -0.1) is 0 Å². The summed E-state index contributed by atoms with van der Waals surface area (Å²) in [7, 11) is 0. The van der Waals surface area contributed by atoms with Crippen molar-refractivity contribution in [3.05, 3.63) is 24.0 Å². The standard InChI is InChI=1S/C10H15N3O4/c11-7-1-2-8(12-3-7)9(17)13-10(4-14,5-15)6-16/h1-3,14-16H,4-6,11H2,(H,13,17). The third kappa shape index (κ3) is 3.13. The Bertz CT molecular complexity index is 367. The lowest BCUT2D eigenvalue weighted by molar-refractivity contribution is 0.0373. The molecule has 0 saturated heterocycles. The highest BCUT2D eigenvalue weighted by atomic mass is 16.3. The average Bonchev–Trinajstić information content (AvgIpc) is 2.37. The number of aliphatic hydroxyl groups is 3. The summed E-state index contributed by atoms with van der Waals surface area (Å²) in [6.07, 6.45) is 1.31. The zero-order chi connectivity index (χ0) is 12.9. The van der Waals surface area contributed by atoms with Crippen molar-refractivity contribution >= 4 is 11.6 Å². The Hall–Kier alpha value is -1.70. The first kappa shape index (κ1) is 13.4. The van der Waals surface area contributed by atoms with Crippen molar-refractivity contribution in [2.24, 2.45) is 0 Å². The van der Waals surface area contributed by atoms with Crippen LogP contribution in [0, 0.1) is 0 Å². The highest BCUT2D eigenvalue weighted by Gasteiger charge is 2.30. The van der Waals surface area contributed by atoms with Gasteiger partial charge in [0, 0.05) is 0 Å². The van der Waals surface area contributed by atoms with Crippen molar-refractivity contribution in [3.8, 4) is 0 Å². The maximum atomic E-state index is 11.7. The second-order valence-corrected chi connectivity index (χ2v) is 3.69. The predicted octanol–water partition coefficient (Wildman–Crippen LogP) is -1.89. The van der Waals surface area contributed by atoms with Crippen LogP contribution in [-0.2, 0) is 0 Å². The summed E-state index contributed by atoms with van der Waals surface area (Å²) in [5, 5.41) is 29.4. The normalized spacial score (nSPS) is 11.2. The van der Waals surface area contributed by atoms with Crippen LogP contribution in [0.4, 0.5) is 5.69 Å². The quantitative estimate of drug-likeness (QED) is 0.410. The Labute approximate surface area is 97.9 Å². The van der Waals surface area contributed by atoms with Crippen LogP contribution in [0.1, 0.15) is 10.5 Å². The highest BCUT2D eigenvalue weighted by Crippen LogP contribution is 2.06. The summed E-state index contributed by atoms with van der Waals surface area (Å²) in [6, 6.07) is 2.90. The number of hydrogen-bond donors (Lipinski definition) is 5. The van der Waals surface area contributed by atoms with Crippen LogP contribution in [0.15, 0.2) is 18.3 Å². The molecule has 6 N–H and O–H groups in total. The molecule has 0 radical (unpaired) electrons. The van der Waals surface area contributed by atoms with Gasteiger partial charge in [0.25, 0.3) is 5.91 Å². The number of carbonyl (C=O) groups is 1. The number of aliphatic hydroxyl groups excluding tert-OH is 3. The van der Waals surface area contributed by atoms with Crippen molar-refractivity contribution in [2.45, 2.75) is 5.54 Å². The number of rotatable bonds is 5. The molecule has 7 nitrogen and oxygen atoms in total. The molecule has 1 heterocycles. The summed E-state index contributed by atoms with van der Waals surface area (Å²) < 4.78 is 0. The van der Waals surface area contributed by atoms with E-state index >= 15 is 0 Å². The minimum absolute atomic E-state index is 0.0823. The molecule has 0 atom stereocenters. The monoisotopic (exact) mass is 241 g/mol. The van der Waals surface area contributed by atoms with Crippen LogP contribution in [0.25, 0.3) is 0 Å². The molecular formula is C10H15N3O4. The number of nitrogens with one attached hydrogen (secondary N) is 1. The lowest BCUT2D eigenvalue weighted by Gasteiger charge is -2.28. The largest absolute Gasteiger partial charge is 0.397 e. The molecule has 17 heavy (non-hydrogen) atoms. The number of nitrogen functional groups attached to an aromatic ring is 1. The Morgan fingerprint density at radius 3 is 2.29 bits per heavy atom. The van der Waals surface area contributed by atoms with Crippen LogP contribution < -0.4 is 11.1 Å². The third-order valence-corrected chi connectivity index (χ3v) is 2.31. The van der Waals surface area contributed by atoms with E-state index in [1.54, 1.807) is 0 Å². The fourth-order valence-electron chi connectivity index (χ4n) is 1.11. The van der Waals surface area contributed by atoms with Gasteiger partial charge in [-0.3, -0.25) is 4.79 Å². The minimum atomic E-state index is -1.46. The summed E-state index contributed by atoms with van der Waals surface area (Å²) in [5.41, 5.74) is 4.46. The molecule has 0 unspecified atom stereocenters. The summed E-state index contributed by atoms with van der Waals surface area (Å²) in [6.45, 7) is -1.75. The Balaban J connectivity index is 2.81. The second kappa shape index (κ2) is 5.58. The topological polar surface area (TPSA) is 129 Å². The first-order valence-electron chi connectivity index (χ1n) is 4.93. The molecule has 0 saturated carbocycles. The molecule has 0 aliphatic rings. The van der Waals surface area contributed by atoms with Crippen LogP contribution in [0.5, 0.6) is 0 Å². The molecular weight excluding hydrogens is 226 g/mol. The lowest BCUT2D eigenvalue weighted by Crippen LogP contribution is -2.57. The van der Waals surface area contributed by atoms with Crippen molar-refractivity contribution in [1.82, 2.24) is 10.3 Å². The average molecular weight is 241 g/mol. The summed E-state index contributed by atoms with van der Waals surface area (Å²) in [4.78, 5) is 15.5. The molecule has 0 fully saturated rings. The number of nitrogens with two attached hydrogens (primary N) is 1. The Morgan fingerprint density at radius 1 is 1.29 bits per heavy atom. The second-order valence-electron chi connectivity index (χ2n) is 3.69. The van der Waals surface area contributed by atoms with Gasteiger partial charge in [0.05, 0.1) is 31.7 Å². The molecule has 0 aromatic carbocycles. The van der Waals surface area contributed by atoms with Crippen molar-refractivity contribution in [3.63, 3.8) is 0 Å². The highest BCUT2D eigenvalue weighted by molar-refractivity contribution is 5.93. The van der Waals surface area contributed by atoms with E-state index in [4.69, 9.17) is 21.1 Å². The van der Waals surface area contributed by atoms with E-state index in [0.29, 0.717) is 5.69 Å². The molecule has 94 valence electrons. The molecule has 1 amide bonds.